The van der Waals surface area contributed by atoms with Gasteiger partial charge in [-0.3, -0.25) is 4.90 Å². The van der Waals surface area contributed by atoms with Crippen LogP contribution in [0.3, 0.4) is 0 Å². The Labute approximate surface area is 161 Å². The van der Waals surface area contributed by atoms with Crippen molar-refractivity contribution < 1.29 is 17.9 Å². The highest BCUT2D eigenvalue weighted by Gasteiger charge is 2.23. The average molecular weight is 415 g/mol. The summed E-state index contributed by atoms with van der Waals surface area (Å²) in [6.45, 7) is 0.936. The highest BCUT2D eigenvalue weighted by molar-refractivity contribution is 7.88. The number of hydrogen-bond acceptors (Lipinski definition) is 4. The van der Waals surface area contributed by atoms with Crippen molar-refractivity contribution in [2.24, 2.45) is 0 Å². The zero-order valence-corrected chi connectivity index (χ0v) is 15.9. The van der Waals surface area contributed by atoms with Crippen LogP contribution in [0.25, 0.3) is 0 Å². The maximum absolute atomic E-state index is 12.3. The van der Waals surface area contributed by atoms with E-state index in [1.54, 1.807) is 36.4 Å². The Bertz CT molecular complexity index is 934. The zero-order chi connectivity index (χ0) is 18.7. The van der Waals surface area contributed by atoms with Crippen LogP contribution in [0.4, 0.5) is 10.5 Å². The molecule has 0 saturated carbocycles. The number of hydrogen-bond donors (Lipinski definition) is 1. The Kier molecular flexibility index (Phi) is 5.72. The third-order valence-corrected chi connectivity index (χ3v) is 5.86. The van der Waals surface area contributed by atoms with Crippen molar-refractivity contribution in [3.8, 4) is 0 Å². The number of amides is 1. The van der Waals surface area contributed by atoms with Gasteiger partial charge in [0.25, 0.3) is 0 Å². The van der Waals surface area contributed by atoms with Crippen LogP contribution in [0.1, 0.15) is 11.1 Å². The molecule has 0 radical (unpaired) electrons. The molecule has 9 heteroatoms. The molecule has 0 spiro atoms. The van der Waals surface area contributed by atoms with Crippen LogP contribution in [-0.2, 0) is 27.1 Å². The predicted octanol–water partition coefficient (Wildman–Crippen LogP) is 3.57. The summed E-state index contributed by atoms with van der Waals surface area (Å²) in [5, 5.41) is 0.683. The van der Waals surface area contributed by atoms with Crippen LogP contribution in [0, 0.1) is 0 Å². The molecule has 1 heterocycles. The van der Waals surface area contributed by atoms with Gasteiger partial charge in [0, 0.05) is 12.2 Å². The first-order chi connectivity index (χ1) is 12.3. The molecule has 1 saturated heterocycles. The molecule has 1 aliphatic rings. The summed E-state index contributed by atoms with van der Waals surface area (Å²) in [4.78, 5) is 13.1. The Balaban J connectivity index is 1.66. The molecule has 138 valence electrons. The fourth-order valence-corrected chi connectivity index (χ4v) is 3.98. The molecule has 2 aromatic carbocycles. The number of cyclic esters (lactones) is 1. The monoisotopic (exact) mass is 414 g/mol. The van der Waals surface area contributed by atoms with E-state index in [1.807, 2.05) is 0 Å². The zero-order valence-electron chi connectivity index (χ0n) is 13.6. The van der Waals surface area contributed by atoms with Crippen molar-refractivity contribution in [3.63, 3.8) is 0 Å². The number of nitrogens with zero attached hydrogens (tertiary/aromatic N) is 1. The van der Waals surface area contributed by atoms with Gasteiger partial charge in [0.1, 0.15) is 6.61 Å². The van der Waals surface area contributed by atoms with Crippen molar-refractivity contribution in [3.05, 3.63) is 63.6 Å². The molecule has 0 atom stereocenters. The molecule has 1 aliphatic heterocycles. The van der Waals surface area contributed by atoms with Gasteiger partial charge in [0.05, 0.1) is 22.3 Å². The lowest BCUT2D eigenvalue weighted by Crippen LogP contribution is -2.26. The van der Waals surface area contributed by atoms with Crippen molar-refractivity contribution >= 4 is 45.0 Å². The molecule has 2 aromatic rings. The van der Waals surface area contributed by atoms with E-state index in [2.05, 4.69) is 4.72 Å². The number of rotatable bonds is 6. The van der Waals surface area contributed by atoms with E-state index in [0.29, 0.717) is 34.4 Å². The molecule has 0 aliphatic carbocycles. The highest BCUT2D eigenvalue weighted by atomic mass is 35.5. The number of benzene rings is 2. The van der Waals surface area contributed by atoms with E-state index in [-0.39, 0.29) is 12.3 Å². The third-order valence-electron chi connectivity index (χ3n) is 3.82. The van der Waals surface area contributed by atoms with Crippen LogP contribution in [0.2, 0.25) is 10.0 Å². The number of carbonyl (C=O) groups is 1. The second-order valence-corrected chi connectivity index (χ2v) is 8.39. The minimum absolute atomic E-state index is 0.111. The van der Waals surface area contributed by atoms with E-state index in [9.17, 15) is 13.2 Å². The molecule has 0 unspecified atom stereocenters. The summed E-state index contributed by atoms with van der Waals surface area (Å²) >= 11 is 11.8. The summed E-state index contributed by atoms with van der Waals surface area (Å²) in [5.41, 5.74) is 1.95. The van der Waals surface area contributed by atoms with Gasteiger partial charge in [-0.2, -0.15) is 0 Å². The van der Waals surface area contributed by atoms with E-state index < -0.39 is 16.1 Å². The molecule has 0 aromatic heterocycles. The molecule has 6 nitrogen and oxygen atoms in total. The minimum atomic E-state index is -3.56. The number of carbonyl (C=O) groups excluding carboxylic acids is 1. The van der Waals surface area contributed by atoms with Gasteiger partial charge >= 0.3 is 6.09 Å². The standard InChI is InChI=1S/C17H16Cl2N2O4S/c18-15-5-4-13(9-16(15)19)11-26(23,24)20-10-12-2-1-3-14(8-12)21-6-7-25-17(21)22/h1-5,8-9,20H,6-7,10-11H2. The van der Waals surface area contributed by atoms with Gasteiger partial charge in [0.15, 0.2) is 0 Å². The Morgan fingerprint density at radius 3 is 2.58 bits per heavy atom. The number of nitrogens with one attached hydrogen (secondary N) is 1. The minimum Gasteiger partial charge on any atom is -0.447 e. The quantitative estimate of drug-likeness (QED) is 0.783. The van der Waals surface area contributed by atoms with Crippen LogP contribution in [-0.4, -0.2) is 27.7 Å². The SMILES string of the molecule is O=C1OCCN1c1cccc(CNS(=O)(=O)Cc2ccc(Cl)c(Cl)c2)c1. The Morgan fingerprint density at radius 1 is 1.08 bits per heavy atom. The Hall–Kier alpha value is -1.80. The maximum Gasteiger partial charge on any atom is 0.414 e. The van der Waals surface area contributed by atoms with Crippen molar-refractivity contribution in [2.45, 2.75) is 12.3 Å². The number of anilines is 1. The van der Waals surface area contributed by atoms with E-state index in [4.69, 9.17) is 27.9 Å². The van der Waals surface area contributed by atoms with E-state index in [1.165, 1.54) is 11.0 Å². The molecule has 1 N–H and O–H groups in total. The first-order valence-electron chi connectivity index (χ1n) is 7.78. The Morgan fingerprint density at radius 2 is 1.88 bits per heavy atom. The lowest BCUT2D eigenvalue weighted by atomic mass is 10.2. The van der Waals surface area contributed by atoms with Gasteiger partial charge in [-0.05, 0) is 35.4 Å². The number of halogens is 2. The molecular weight excluding hydrogens is 399 g/mol. The van der Waals surface area contributed by atoms with Crippen LogP contribution >= 0.6 is 23.2 Å². The molecule has 3 rings (SSSR count). The summed E-state index contributed by atoms with van der Waals surface area (Å²) in [7, 11) is -3.56. The summed E-state index contributed by atoms with van der Waals surface area (Å²) in [6, 6.07) is 11.8. The van der Waals surface area contributed by atoms with Crippen LogP contribution < -0.4 is 9.62 Å². The second kappa shape index (κ2) is 7.84. The van der Waals surface area contributed by atoms with Gasteiger partial charge in [-0.1, -0.05) is 41.4 Å². The lowest BCUT2D eigenvalue weighted by molar-refractivity contribution is 0.181. The normalized spacial score (nSPS) is 14.5. The number of ether oxygens (including phenoxy) is 1. The summed E-state index contributed by atoms with van der Waals surface area (Å²) < 4.78 is 32.0. The van der Waals surface area contributed by atoms with Crippen molar-refractivity contribution in [1.29, 1.82) is 0 Å². The fourth-order valence-electron chi connectivity index (χ4n) is 2.56. The average Bonchev–Trinajstić information content (AvgIpc) is 3.03. The van der Waals surface area contributed by atoms with Crippen molar-refractivity contribution in [1.82, 2.24) is 4.72 Å². The van der Waals surface area contributed by atoms with Crippen LogP contribution in [0.15, 0.2) is 42.5 Å². The van der Waals surface area contributed by atoms with Gasteiger partial charge in [-0.15, -0.1) is 0 Å². The second-order valence-electron chi connectivity index (χ2n) is 5.76. The molecule has 1 fully saturated rings. The number of sulfonamides is 1. The maximum atomic E-state index is 12.3. The van der Waals surface area contributed by atoms with Gasteiger partial charge < -0.3 is 4.74 Å². The predicted molar refractivity (Wildman–Crippen MR) is 101 cm³/mol. The highest BCUT2D eigenvalue weighted by Crippen LogP contribution is 2.24. The third kappa shape index (κ3) is 4.67. The molecule has 1 amide bonds. The smallest absolute Gasteiger partial charge is 0.414 e. The first-order valence-corrected chi connectivity index (χ1v) is 10.2. The van der Waals surface area contributed by atoms with E-state index >= 15 is 0 Å². The van der Waals surface area contributed by atoms with E-state index in [0.717, 1.165) is 5.56 Å². The van der Waals surface area contributed by atoms with Gasteiger partial charge in [-0.25, -0.2) is 17.9 Å². The van der Waals surface area contributed by atoms with Crippen molar-refractivity contribution in [2.75, 3.05) is 18.1 Å². The summed E-state index contributed by atoms with van der Waals surface area (Å²) in [6.07, 6.45) is -0.401. The molecule has 26 heavy (non-hydrogen) atoms. The fraction of sp³-hybridized carbons (Fsp3) is 0.235. The molecular formula is C17H16Cl2N2O4S. The van der Waals surface area contributed by atoms with Gasteiger partial charge in [0.2, 0.25) is 10.0 Å². The summed E-state index contributed by atoms with van der Waals surface area (Å²) in [5.74, 6) is -0.206. The first kappa shape index (κ1) is 19.0. The topological polar surface area (TPSA) is 75.7 Å². The van der Waals surface area contributed by atoms with Crippen LogP contribution in [0.5, 0.6) is 0 Å². The lowest BCUT2D eigenvalue weighted by Gasteiger charge is -2.14. The largest absolute Gasteiger partial charge is 0.447 e. The molecule has 0 bridgehead atoms.